The predicted molar refractivity (Wildman–Crippen MR) is 112 cm³/mol. The third kappa shape index (κ3) is 4.02. The predicted octanol–water partition coefficient (Wildman–Crippen LogP) is 4.77. The number of hydrogen-bond donors (Lipinski definition) is 0. The summed E-state index contributed by atoms with van der Waals surface area (Å²) in [5.41, 5.74) is 3.59. The highest BCUT2D eigenvalue weighted by molar-refractivity contribution is 7.13. The molecule has 0 aliphatic rings. The van der Waals surface area contributed by atoms with Crippen LogP contribution in [0.5, 0.6) is 0 Å². The van der Waals surface area contributed by atoms with Gasteiger partial charge in [-0.15, -0.1) is 11.3 Å². The topological polar surface area (TPSA) is 52.7 Å². The largest absolute Gasteiger partial charge is 0.289 e. The van der Waals surface area contributed by atoms with Gasteiger partial charge in [-0.2, -0.15) is 10.2 Å². The summed E-state index contributed by atoms with van der Waals surface area (Å²) in [6.45, 7) is 3.42. The van der Waals surface area contributed by atoms with Crippen LogP contribution in [0.15, 0.2) is 72.5 Å². The summed E-state index contributed by atoms with van der Waals surface area (Å²) in [5.74, 6) is -0.0624. The molecular formula is C22H20N4OS. The highest BCUT2D eigenvalue weighted by Gasteiger charge is 2.12. The van der Waals surface area contributed by atoms with E-state index in [0.29, 0.717) is 12.1 Å². The SMILES string of the molecule is CCn1cc(C(=O)/C=C/c2cn(Cc3ccccc3)nc2-c2cccs2)cn1. The third-order valence-electron chi connectivity index (χ3n) is 4.39. The number of carbonyl (C=O) groups is 1. The number of benzene rings is 1. The second kappa shape index (κ2) is 8.19. The lowest BCUT2D eigenvalue weighted by Gasteiger charge is -2.00. The second-order valence-electron chi connectivity index (χ2n) is 6.38. The molecule has 0 aliphatic heterocycles. The van der Waals surface area contributed by atoms with E-state index in [0.717, 1.165) is 22.7 Å². The van der Waals surface area contributed by atoms with Crippen molar-refractivity contribution in [3.8, 4) is 10.6 Å². The monoisotopic (exact) mass is 388 g/mol. The fraction of sp³-hybridized carbons (Fsp3) is 0.136. The molecular weight excluding hydrogens is 368 g/mol. The van der Waals surface area contributed by atoms with Crippen LogP contribution in [0.25, 0.3) is 16.6 Å². The van der Waals surface area contributed by atoms with Crippen molar-refractivity contribution >= 4 is 23.2 Å². The molecule has 4 rings (SSSR count). The van der Waals surface area contributed by atoms with Crippen LogP contribution in [0, 0.1) is 0 Å². The third-order valence-corrected chi connectivity index (χ3v) is 5.26. The Hall–Kier alpha value is -3.25. The summed E-state index contributed by atoms with van der Waals surface area (Å²) >= 11 is 1.64. The lowest BCUT2D eigenvalue weighted by Crippen LogP contribution is -1.99. The van der Waals surface area contributed by atoms with Crippen molar-refractivity contribution in [1.82, 2.24) is 19.6 Å². The van der Waals surface area contributed by atoms with Crippen LogP contribution in [0.1, 0.15) is 28.4 Å². The van der Waals surface area contributed by atoms with Gasteiger partial charge in [0.05, 0.1) is 23.2 Å². The fourth-order valence-corrected chi connectivity index (χ4v) is 3.67. The maximum Gasteiger partial charge on any atom is 0.189 e. The molecule has 0 atom stereocenters. The summed E-state index contributed by atoms with van der Waals surface area (Å²) in [7, 11) is 0. The first-order valence-electron chi connectivity index (χ1n) is 9.13. The van der Waals surface area contributed by atoms with E-state index in [1.54, 1.807) is 34.5 Å². The molecule has 4 aromatic rings. The Balaban J connectivity index is 1.62. The van der Waals surface area contributed by atoms with Crippen molar-refractivity contribution < 1.29 is 4.79 Å². The minimum Gasteiger partial charge on any atom is -0.289 e. The highest BCUT2D eigenvalue weighted by Crippen LogP contribution is 2.28. The van der Waals surface area contributed by atoms with E-state index < -0.39 is 0 Å². The molecule has 0 saturated heterocycles. The first-order valence-corrected chi connectivity index (χ1v) is 10.0. The molecule has 0 fully saturated rings. The number of aromatic nitrogens is 4. The fourth-order valence-electron chi connectivity index (χ4n) is 2.94. The Labute approximate surface area is 167 Å². The van der Waals surface area contributed by atoms with E-state index in [4.69, 9.17) is 5.10 Å². The number of rotatable bonds is 7. The van der Waals surface area contributed by atoms with Gasteiger partial charge >= 0.3 is 0 Å². The summed E-state index contributed by atoms with van der Waals surface area (Å²) < 4.78 is 3.67. The zero-order valence-electron chi connectivity index (χ0n) is 15.5. The van der Waals surface area contributed by atoms with Gasteiger partial charge in [-0.1, -0.05) is 36.4 Å². The Kier molecular flexibility index (Phi) is 5.30. The Bertz CT molecular complexity index is 1090. The quantitative estimate of drug-likeness (QED) is 0.338. The van der Waals surface area contributed by atoms with Crippen molar-refractivity contribution in [2.24, 2.45) is 0 Å². The summed E-state index contributed by atoms with van der Waals surface area (Å²) in [4.78, 5) is 13.6. The Morgan fingerprint density at radius 2 is 1.96 bits per heavy atom. The molecule has 1 aromatic carbocycles. The first kappa shape index (κ1) is 18.1. The second-order valence-corrected chi connectivity index (χ2v) is 7.32. The van der Waals surface area contributed by atoms with E-state index in [-0.39, 0.29) is 5.78 Å². The van der Waals surface area contributed by atoms with Crippen molar-refractivity contribution in [3.05, 3.63) is 89.2 Å². The molecule has 5 nitrogen and oxygen atoms in total. The van der Waals surface area contributed by atoms with Gasteiger partial charge in [0.1, 0.15) is 5.69 Å². The Morgan fingerprint density at radius 3 is 2.68 bits per heavy atom. The van der Waals surface area contributed by atoms with E-state index in [1.807, 2.05) is 59.6 Å². The average Bonchev–Trinajstić information content (AvgIpc) is 3.47. The van der Waals surface area contributed by atoms with Crippen LogP contribution in [0.2, 0.25) is 0 Å². The number of ketones is 1. The highest BCUT2D eigenvalue weighted by atomic mass is 32.1. The normalized spacial score (nSPS) is 11.3. The van der Waals surface area contributed by atoms with Crippen LogP contribution < -0.4 is 0 Å². The van der Waals surface area contributed by atoms with Gasteiger partial charge < -0.3 is 0 Å². The summed E-state index contributed by atoms with van der Waals surface area (Å²) in [6.07, 6.45) is 8.80. The number of aryl methyl sites for hydroxylation is 1. The van der Waals surface area contributed by atoms with Gasteiger partial charge in [0.25, 0.3) is 0 Å². The van der Waals surface area contributed by atoms with Gasteiger partial charge in [0, 0.05) is 24.5 Å². The lowest BCUT2D eigenvalue weighted by molar-refractivity contribution is 0.104. The smallest absolute Gasteiger partial charge is 0.189 e. The van der Waals surface area contributed by atoms with Crippen molar-refractivity contribution in [2.45, 2.75) is 20.0 Å². The first-order chi connectivity index (χ1) is 13.7. The zero-order chi connectivity index (χ0) is 19.3. The van der Waals surface area contributed by atoms with E-state index >= 15 is 0 Å². The number of carbonyl (C=O) groups excluding carboxylic acids is 1. The molecule has 140 valence electrons. The molecule has 0 aliphatic carbocycles. The van der Waals surface area contributed by atoms with Gasteiger partial charge in [0.15, 0.2) is 5.78 Å². The minimum atomic E-state index is -0.0624. The van der Waals surface area contributed by atoms with Crippen LogP contribution >= 0.6 is 11.3 Å². The Morgan fingerprint density at radius 1 is 1.11 bits per heavy atom. The number of hydrogen-bond acceptors (Lipinski definition) is 4. The molecule has 0 radical (unpaired) electrons. The van der Waals surface area contributed by atoms with Crippen LogP contribution in [0.3, 0.4) is 0 Å². The molecule has 0 N–H and O–H groups in total. The molecule has 0 spiro atoms. The molecule has 3 aromatic heterocycles. The number of thiophene rings is 1. The van der Waals surface area contributed by atoms with E-state index in [9.17, 15) is 4.79 Å². The van der Waals surface area contributed by atoms with Gasteiger partial charge in [-0.05, 0) is 36.1 Å². The minimum absolute atomic E-state index is 0.0624. The number of nitrogens with zero attached hydrogens (tertiary/aromatic N) is 4. The number of allylic oxidation sites excluding steroid dienone is 1. The van der Waals surface area contributed by atoms with Gasteiger partial charge in [-0.25, -0.2) is 0 Å². The summed E-state index contributed by atoms with van der Waals surface area (Å²) in [5, 5.41) is 11.0. The van der Waals surface area contributed by atoms with Gasteiger partial charge in [-0.3, -0.25) is 14.2 Å². The molecule has 0 amide bonds. The molecule has 3 heterocycles. The lowest BCUT2D eigenvalue weighted by atomic mass is 10.1. The zero-order valence-corrected chi connectivity index (χ0v) is 16.3. The summed E-state index contributed by atoms with van der Waals surface area (Å²) in [6, 6.07) is 14.3. The standard InChI is InChI=1S/C22H20N4OS/c1-2-25-16-19(13-23-25)20(27)11-10-18-15-26(14-17-7-4-3-5-8-17)24-22(18)21-9-6-12-28-21/h3-13,15-16H,2,14H2,1H3/b11-10+. The molecule has 28 heavy (non-hydrogen) atoms. The van der Waals surface area contributed by atoms with Gasteiger partial charge in [0.2, 0.25) is 0 Å². The average molecular weight is 388 g/mol. The van der Waals surface area contributed by atoms with Crippen LogP contribution in [0.4, 0.5) is 0 Å². The maximum atomic E-state index is 12.5. The van der Waals surface area contributed by atoms with Crippen LogP contribution in [-0.4, -0.2) is 25.3 Å². The molecule has 6 heteroatoms. The van der Waals surface area contributed by atoms with Crippen molar-refractivity contribution in [3.63, 3.8) is 0 Å². The van der Waals surface area contributed by atoms with Crippen molar-refractivity contribution in [2.75, 3.05) is 0 Å². The van der Waals surface area contributed by atoms with Crippen LogP contribution in [-0.2, 0) is 13.1 Å². The molecule has 0 bridgehead atoms. The van der Waals surface area contributed by atoms with E-state index in [2.05, 4.69) is 17.2 Å². The molecule has 0 saturated carbocycles. The van der Waals surface area contributed by atoms with Crippen molar-refractivity contribution in [1.29, 1.82) is 0 Å². The maximum absolute atomic E-state index is 12.5. The molecule has 0 unspecified atom stereocenters. The van der Waals surface area contributed by atoms with E-state index in [1.165, 1.54) is 5.56 Å².